The molecule has 0 aliphatic heterocycles. The van der Waals surface area contributed by atoms with Gasteiger partial charge < -0.3 is 5.73 Å². The minimum atomic E-state index is -0.454. The van der Waals surface area contributed by atoms with Crippen LogP contribution >= 0.6 is 11.6 Å². The van der Waals surface area contributed by atoms with E-state index in [1.807, 2.05) is 13.8 Å². The highest BCUT2D eigenvalue weighted by molar-refractivity contribution is 6.30. The summed E-state index contributed by atoms with van der Waals surface area (Å²) < 4.78 is 12.6. The number of rotatable bonds is 0. The summed E-state index contributed by atoms with van der Waals surface area (Å²) in [7, 11) is 0. The third-order valence-corrected chi connectivity index (χ3v) is 1.52. The fourth-order valence-corrected chi connectivity index (χ4v) is 0.973. The standard InChI is InChI=1S/C7H7ClFN.C2H6/c1-4-2-5(8)3-6(9)7(4)10;1-2/h2-3H,10H2,1H3;1-2H3. The Morgan fingerprint density at radius 3 is 2.25 bits per heavy atom. The second-order valence-electron chi connectivity index (χ2n) is 2.12. The molecule has 0 radical (unpaired) electrons. The van der Waals surface area contributed by atoms with Gasteiger partial charge in [0.2, 0.25) is 0 Å². The molecule has 1 nitrogen and oxygen atoms in total. The lowest BCUT2D eigenvalue weighted by atomic mass is 10.2. The van der Waals surface area contributed by atoms with Crippen molar-refractivity contribution in [2.45, 2.75) is 20.8 Å². The molecule has 0 saturated heterocycles. The van der Waals surface area contributed by atoms with Crippen LogP contribution < -0.4 is 5.73 Å². The summed E-state index contributed by atoms with van der Waals surface area (Å²) >= 11 is 5.53. The Labute approximate surface area is 77.3 Å². The topological polar surface area (TPSA) is 26.0 Å². The van der Waals surface area contributed by atoms with Crippen LogP contribution in [0.1, 0.15) is 19.4 Å². The molecule has 0 aliphatic rings. The second kappa shape index (κ2) is 4.99. The largest absolute Gasteiger partial charge is 0.396 e. The fraction of sp³-hybridized carbons (Fsp3) is 0.333. The minimum absolute atomic E-state index is 0.171. The van der Waals surface area contributed by atoms with Crippen molar-refractivity contribution in [1.29, 1.82) is 0 Å². The lowest BCUT2D eigenvalue weighted by Crippen LogP contribution is -1.93. The van der Waals surface area contributed by atoms with Gasteiger partial charge in [0.25, 0.3) is 0 Å². The van der Waals surface area contributed by atoms with Gasteiger partial charge in [-0.3, -0.25) is 0 Å². The van der Waals surface area contributed by atoms with Gasteiger partial charge in [0.1, 0.15) is 5.82 Å². The Morgan fingerprint density at radius 2 is 1.83 bits per heavy atom. The maximum absolute atomic E-state index is 12.6. The van der Waals surface area contributed by atoms with Crippen LogP contribution in [0.15, 0.2) is 12.1 Å². The predicted octanol–water partition coefficient (Wildman–Crippen LogP) is 3.40. The van der Waals surface area contributed by atoms with Crippen LogP contribution in [-0.2, 0) is 0 Å². The van der Waals surface area contributed by atoms with Gasteiger partial charge in [0.05, 0.1) is 5.69 Å². The van der Waals surface area contributed by atoms with E-state index in [0.717, 1.165) is 0 Å². The van der Waals surface area contributed by atoms with E-state index in [4.69, 9.17) is 17.3 Å². The average Bonchev–Trinajstić information content (AvgIpc) is 2.04. The molecule has 3 heteroatoms. The summed E-state index contributed by atoms with van der Waals surface area (Å²) in [5.74, 6) is -0.454. The molecule has 0 bridgehead atoms. The quantitative estimate of drug-likeness (QED) is 0.622. The van der Waals surface area contributed by atoms with Crippen LogP contribution in [-0.4, -0.2) is 0 Å². The Balaban J connectivity index is 0.000000561. The van der Waals surface area contributed by atoms with Crippen molar-refractivity contribution in [2.24, 2.45) is 0 Å². The number of halogens is 2. The molecular weight excluding hydrogens is 177 g/mol. The number of aryl methyl sites for hydroxylation is 1. The molecule has 1 aromatic rings. The zero-order chi connectivity index (χ0) is 9.72. The van der Waals surface area contributed by atoms with E-state index in [0.29, 0.717) is 10.6 Å². The molecule has 0 aliphatic carbocycles. The lowest BCUT2D eigenvalue weighted by Gasteiger charge is -2.00. The maximum Gasteiger partial charge on any atom is 0.147 e. The van der Waals surface area contributed by atoms with Gasteiger partial charge >= 0.3 is 0 Å². The third kappa shape index (κ3) is 2.70. The zero-order valence-corrected chi connectivity index (χ0v) is 8.24. The molecule has 2 N–H and O–H groups in total. The first kappa shape index (κ1) is 11.2. The predicted molar refractivity (Wildman–Crippen MR) is 51.9 cm³/mol. The van der Waals surface area contributed by atoms with Gasteiger partial charge in [-0.25, -0.2) is 4.39 Å². The summed E-state index contributed by atoms with van der Waals surface area (Å²) in [5.41, 5.74) is 6.16. The van der Waals surface area contributed by atoms with E-state index in [2.05, 4.69) is 0 Å². The summed E-state index contributed by atoms with van der Waals surface area (Å²) in [4.78, 5) is 0. The highest BCUT2D eigenvalue weighted by Gasteiger charge is 2.01. The van der Waals surface area contributed by atoms with Crippen molar-refractivity contribution in [1.82, 2.24) is 0 Å². The van der Waals surface area contributed by atoms with Crippen molar-refractivity contribution >= 4 is 17.3 Å². The van der Waals surface area contributed by atoms with Gasteiger partial charge in [0.15, 0.2) is 0 Å². The normalized spacial score (nSPS) is 8.75. The highest BCUT2D eigenvalue weighted by Crippen LogP contribution is 2.20. The summed E-state index contributed by atoms with van der Waals surface area (Å²) in [6.45, 7) is 5.71. The summed E-state index contributed by atoms with van der Waals surface area (Å²) in [5, 5.41) is 0.379. The van der Waals surface area contributed by atoms with Crippen LogP contribution in [0.4, 0.5) is 10.1 Å². The molecule has 0 heterocycles. The Morgan fingerprint density at radius 1 is 1.33 bits per heavy atom. The molecule has 1 aromatic carbocycles. The van der Waals surface area contributed by atoms with Crippen LogP contribution in [0.5, 0.6) is 0 Å². The zero-order valence-electron chi connectivity index (χ0n) is 7.49. The van der Waals surface area contributed by atoms with E-state index in [9.17, 15) is 4.39 Å². The van der Waals surface area contributed by atoms with E-state index in [-0.39, 0.29) is 5.69 Å². The Hall–Kier alpha value is -0.760. The number of hydrogen-bond donors (Lipinski definition) is 1. The van der Waals surface area contributed by atoms with Crippen LogP contribution in [0.3, 0.4) is 0 Å². The van der Waals surface area contributed by atoms with Gasteiger partial charge in [-0.1, -0.05) is 25.4 Å². The molecule has 0 unspecified atom stereocenters. The number of benzene rings is 1. The minimum Gasteiger partial charge on any atom is -0.396 e. The van der Waals surface area contributed by atoms with Gasteiger partial charge in [-0.05, 0) is 24.6 Å². The molecule has 0 aromatic heterocycles. The molecule has 0 amide bonds. The van der Waals surface area contributed by atoms with Crippen LogP contribution in [0.25, 0.3) is 0 Å². The molecular formula is C9H13ClFN. The van der Waals surface area contributed by atoms with Crippen molar-refractivity contribution in [3.8, 4) is 0 Å². The smallest absolute Gasteiger partial charge is 0.147 e. The monoisotopic (exact) mass is 189 g/mol. The first-order chi connectivity index (χ1) is 5.61. The van der Waals surface area contributed by atoms with Crippen LogP contribution in [0, 0.1) is 12.7 Å². The molecule has 68 valence electrons. The number of nitrogens with two attached hydrogens (primary N) is 1. The fourth-order valence-electron chi connectivity index (χ4n) is 0.713. The molecule has 0 atom stereocenters. The lowest BCUT2D eigenvalue weighted by molar-refractivity contribution is 0.631. The first-order valence-electron chi connectivity index (χ1n) is 3.82. The van der Waals surface area contributed by atoms with Crippen LogP contribution in [0.2, 0.25) is 5.02 Å². The van der Waals surface area contributed by atoms with Crippen molar-refractivity contribution in [3.63, 3.8) is 0 Å². The third-order valence-electron chi connectivity index (χ3n) is 1.30. The summed E-state index contributed by atoms with van der Waals surface area (Å²) in [6, 6.07) is 2.82. The number of nitrogen functional groups attached to an aromatic ring is 1. The highest BCUT2D eigenvalue weighted by atomic mass is 35.5. The van der Waals surface area contributed by atoms with Crippen molar-refractivity contribution in [2.75, 3.05) is 5.73 Å². The number of hydrogen-bond acceptors (Lipinski definition) is 1. The summed E-state index contributed by atoms with van der Waals surface area (Å²) in [6.07, 6.45) is 0. The van der Waals surface area contributed by atoms with Crippen molar-refractivity contribution in [3.05, 3.63) is 28.5 Å². The van der Waals surface area contributed by atoms with Gasteiger partial charge in [-0.2, -0.15) is 0 Å². The molecule has 0 saturated carbocycles. The van der Waals surface area contributed by atoms with E-state index >= 15 is 0 Å². The number of anilines is 1. The molecule has 12 heavy (non-hydrogen) atoms. The van der Waals surface area contributed by atoms with Crippen molar-refractivity contribution < 1.29 is 4.39 Å². The second-order valence-corrected chi connectivity index (χ2v) is 2.55. The Kier molecular flexibility index (Phi) is 4.67. The molecule has 0 fully saturated rings. The first-order valence-corrected chi connectivity index (χ1v) is 4.20. The Bertz CT molecular complexity index is 238. The van der Waals surface area contributed by atoms with E-state index in [1.165, 1.54) is 6.07 Å². The van der Waals surface area contributed by atoms with Gasteiger partial charge in [0, 0.05) is 5.02 Å². The van der Waals surface area contributed by atoms with E-state index < -0.39 is 5.82 Å². The molecule has 0 spiro atoms. The molecule has 1 rings (SSSR count). The SMILES string of the molecule is CC.Cc1cc(Cl)cc(F)c1N. The average molecular weight is 190 g/mol. The van der Waals surface area contributed by atoms with E-state index in [1.54, 1.807) is 13.0 Å². The maximum atomic E-state index is 12.6. The van der Waals surface area contributed by atoms with Gasteiger partial charge in [-0.15, -0.1) is 0 Å².